The number of nitrogen functional groups attached to an aromatic ring is 1. The number of halogens is 1. The highest BCUT2D eigenvalue weighted by Gasteiger charge is 2.55. The van der Waals surface area contributed by atoms with Gasteiger partial charge in [-0.25, -0.2) is 0 Å². The van der Waals surface area contributed by atoms with Gasteiger partial charge in [0, 0.05) is 23.0 Å². The van der Waals surface area contributed by atoms with Crippen molar-refractivity contribution >= 4 is 21.7 Å². The number of hydrogen-bond acceptors (Lipinski definition) is 2. The standard InChI is InChI=1S/C16H18BrN3/c1-20-16(18)13(9-4-2-5-10(17)8-9)15(19-20)14-11-6-3-7-12(11)14/h2,4-5,8,11-12,14H,3,6-7,18H2,1H3. The maximum absolute atomic E-state index is 6.29. The van der Waals surface area contributed by atoms with E-state index in [2.05, 4.69) is 34.1 Å². The molecule has 20 heavy (non-hydrogen) atoms. The minimum absolute atomic E-state index is 0.640. The predicted octanol–water partition coefficient (Wildman–Crippen LogP) is 3.95. The summed E-state index contributed by atoms with van der Waals surface area (Å²) in [7, 11) is 1.94. The molecule has 2 aliphatic rings. The van der Waals surface area contributed by atoms with Crippen LogP contribution in [0.2, 0.25) is 0 Å². The van der Waals surface area contributed by atoms with Crippen LogP contribution in [0.5, 0.6) is 0 Å². The molecule has 0 radical (unpaired) electrons. The molecule has 1 aromatic carbocycles. The number of benzene rings is 1. The van der Waals surface area contributed by atoms with Gasteiger partial charge in [0.1, 0.15) is 5.82 Å². The summed E-state index contributed by atoms with van der Waals surface area (Å²) in [6.07, 6.45) is 4.12. The molecule has 2 unspecified atom stereocenters. The van der Waals surface area contributed by atoms with Crippen molar-refractivity contribution in [2.24, 2.45) is 18.9 Å². The normalized spacial score (nSPS) is 27.6. The Kier molecular flexibility index (Phi) is 2.71. The molecule has 0 aliphatic heterocycles. The Balaban J connectivity index is 1.82. The molecule has 2 N–H and O–H groups in total. The van der Waals surface area contributed by atoms with Crippen molar-refractivity contribution in [1.82, 2.24) is 9.78 Å². The maximum Gasteiger partial charge on any atom is 0.129 e. The minimum atomic E-state index is 0.640. The lowest BCUT2D eigenvalue weighted by atomic mass is 9.99. The molecule has 2 saturated carbocycles. The molecular formula is C16H18BrN3. The van der Waals surface area contributed by atoms with E-state index in [-0.39, 0.29) is 0 Å². The first-order chi connectivity index (χ1) is 9.66. The lowest BCUT2D eigenvalue weighted by Crippen LogP contribution is -1.98. The van der Waals surface area contributed by atoms with Gasteiger partial charge in [-0.05, 0) is 42.4 Å². The zero-order chi connectivity index (χ0) is 13.9. The van der Waals surface area contributed by atoms with E-state index in [1.54, 1.807) is 0 Å². The van der Waals surface area contributed by atoms with Crippen molar-refractivity contribution in [1.29, 1.82) is 0 Å². The van der Waals surface area contributed by atoms with Crippen LogP contribution in [0.3, 0.4) is 0 Å². The number of fused-ring (bicyclic) bond motifs is 1. The largest absolute Gasteiger partial charge is 0.383 e. The fraction of sp³-hybridized carbons (Fsp3) is 0.438. The van der Waals surface area contributed by atoms with E-state index in [4.69, 9.17) is 10.8 Å². The lowest BCUT2D eigenvalue weighted by Gasteiger charge is -2.06. The van der Waals surface area contributed by atoms with Crippen LogP contribution in [0.15, 0.2) is 28.7 Å². The van der Waals surface area contributed by atoms with Crippen LogP contribution in [0.1, 0.15) is 30.9 Å². The maximum atomic E-state index is 6.29. The third kappa shape index (κ3) is 1.74. The summed E-state index contributed by atoms with van der Waals surface area (Å²) < 4.78 is 2.92. The van der Waals surface area contributed by atoms with E-state index in [1.165, 1.54) is 30.5 Å². The summed E-state index contributed by atoms with van der Waals surface area (Å²) in [5.41, 5.74) is 9.82. The number of nitrogens with two attached hydrogens (primary N) is 1. The van der Waals surface area contributed by atoms with Gasteiger partial charge in [-0.1, -0.05) is 34.5 Å². The summed E-state index contributed by atoms with van der Waals surface area (Å²) in [6, 6.07) is 8.36. The Hall–Kier alpha value is -1.29. The topological polar surface area (TPSA) is 43.8 Å². The Bertz CT molecular complexity index is 666. The number of nitrogens with zero attached hydrogens (tertiary/aromatic N) is 2. The van der Waals surface area contributed by atoms with Gasteiger partial charge in [0.2, 0.25) is 0 Å². The third-order valence-electron chi connectivity index (χ3n) is 4.95. The first-order valence-electron chi connectivity index (χ1n) is 7.25. The fourth-order valence-corrected chi connectivity index (χ4v) is 4.36. The van der Waals surface area contributed by atoms with Gasteiger partial charge >= 0.3 is 0 Å². The molecule has 3 nitrogen and oxygen atoms in total. The van der Waals surface area contributed by atoms with Gasteiger partial charge < -0.3 is 5.73 Å². The van der Waals surface area contributed by atoms with Crippen LogP contribution in [-0.4, -0.2) is 9.78 Å². The van der Waals surface area contributed by atoms with E-state index >= 15 is 0 Å². The molecule has 2 atom stereocenters. The predicted molar refractivity (Wildman–Crippen MR) is 84.3 cm³/mol. The molecule has 2 fully saturated rings. The highest BCUT2D eigenvalue weighted by Crippen LogP contribution is 2.64. The number of aryl methyl sites for hydroxylation is 1. The van der Waals surface area contributed by atoms with Crippen LogP contribution in [0, 0.1) is 11.8 Å². The molecule has 1 aromatic heterocycles. The highest BCUT2D eigenvalue weighted by molar-refractivity contribution is 9.10. The SMILES string of the molecule is Cn1nc(C2C3CCCC32)c(-c2cccc(Br)c2)c1N. The zero-order valence-corrected chi connectivity index (χ0v) is 13.1. The monoisotopic (exact) mass is 331 g/mol. The zero-order valence-electron chi connectivity index (χ0n) is 11.5. The van der Waals surface area contributed by atoms with Gasteiger partial charge in [-0.3, -0.25) is 4.68 Å². The van der Waals surface area contributed by atoms with Crippen LogP contribution in [-0.2, 0) is 7.05 Å². The molecule has 0 saturated heterocycles. The Morgan fingerprint density at radius 1 is 1.30 bits per heavy atom. The van der Waals surface area contributed by atoms with E-state index in [9.17, 15) is 0 Å². The van der Waals surface area contributed by atoms with Crippen molar-refractivity contribution in [3.8, 4) is 11.1 Å². The first kappa shape index (κ1) is 12.5. The molecular weight excluding hydrogens is 314 g/mol. The Morgan fingerprint density at radius 3 is 2.75 bits per heavy atom. The lowest BCUT2D eigenvalue weighted by molar-refractivity contribution is 0.655. The van der Waals surface area contributed by atoms with E-state index in [1.807, 2.05) is 17.8 Å². The van der Waals surface area contributed by atoms with Gasteiger partial charge in [-0.15, -0.1) is 0 Å². The molecule has 0 amide bonds. The molecule has 0 spiro atoms. The van der Waals surface area contributed by atoms with Crippen molar-refractivity contribution in [2.75, 3.05) is 5.73 Å². The minimum Gasteiger partial charge on any atom is -0.383 e. The van der Waals surface area contributed by atoms with Gasteiger partial charge in [0.25, 0.3) is 0 Å². The molecule has 1 heterocycles. The van der Waals surface area contributed by atoms with E-state index in [0.717, 1.165) is 27.7 Å². The molecule has 2 aliphatic carbocycles. The second-order valence-corrected chi connectivity index (χ2v) is 6.98. The number of hydrogen-bond donors (Lipinski definition) is 1. The van der Waals surface area contributed by atoms with E-state index in [0.29, 0.717) is 5.92 Å². The smallest absolute Gasteiger partial charge is 0.129 e. The molecule has 0 bridgehead atoms. The second-order valence-electron chi connectivity index (χ2n) is 6.06. The average molecular weight is 332 g/mol. The van der Waals surface area contributed by atoms with Crippen molar-refractivity contribution in [3.05, 3.63) is 34.4 Å². The van der Waals surface area contributed by atoms with Gasteiger partial charge in [0.15, 0.2) is 0 Å². The molecule has 4 heteroatoms. The number of aromatic nitrogens is 2. The quantitative estimate of drug-likeness (QED) is 0.905. The van der Waals surface area contributed by atoms with Crippen LogP contribution >= 0.6 is 15.9 Å². The summed E-state index contributed by atoms with van der Waals surface area (Å²) in [5.74, 6) is 3.13. The third-order valence-corrected chi connectivity index (χ3v) is 5.45. The summed E-state index contributed by atoms with van der Waals surface area (Å²) in [4.78, 5) is 0. The van der Waals surface area contributed by atoms with Crippen LogP contribution in [0.25, 0.3) is 11.1 Å². The molecule has 4 rings (SSSR count). The summed E-state index contributed by atoms with van der Waals surface area (Å²) >= 11 is 3.55. The fourth-order valence-electron chi connectivity index (χ4n) is 3.96. The van der Waals surface area contributed by atoms with Crippen molar-refractivity contribution in [3.63, 3.8) is 0 Å². The molecule has 104 valence electrons. The van der Waals surface area contributed by atoms with Crippen molar-refractivity contribution < 1.29 is 0 Å². The first-order valence-corrected chi connectivity index (χ1v) is 8.04. The highest BCUT2D eigenvalue weighted by atomic mass is 79.9. The Morgan fingerprint density at radius 2 is 2.05 bits per heavy atom. The number of anilines is 1. The van der Waals surface area contributed by atoms with Crippen LogP contribution in [0.4, 0.5) is 5.82 Å². The number of rotatable bonds is 2. The van der Waals surface area contributed by atoms with Gasteiger partial charge in [0.05, 0.1) is 5.69 Å². The average Bonchev–Trinajstić information content (AvgIpc) is 2.77. The van der Waals surface area contributed by atoms with Gasteiger partial charge in [-0.2, -0.15) is 5.10 Å². The molecule has 2 aromatic rings. The second kappa shape index (κ2) is 4.35. The van der Waals surface area contributed by atoms with Crippen molar-refractivity contribution in [2.45, 2.75) is 25.2 Å². The summed E-state index contributed by atoms with van der Waals surface area (Å²) in [6.45, 7) is 0. The van der Waals surface area contributed by atoms with E-state index < -0.39 is 0 Å². The van der Waals surface area contributed by atoms with Crippen LogP contribution < -0.4 is 5.73 Å². The Labute approximate surface area is 127 Å². The summed E-state index contributed by atoms with van der Waals surface area (Å²) in [5, 5.41) is 4.74.